The third kappa shape index (κ3) is 1.65. The molecule has 1 saturated carbocycles. The zero-order chi connectivity index (χ0) is 10.1. The minimum absolute atomic E-state index is 0.506. The molecule has 0 aromatic heterocycles. The van der Waals surface area contributed by atoms with Crippen LogP contribution in [0.2, 0.25) is 0 Å². The van der Waals surface area contributed by atoms with Crippen molar-refractivity contribution in [3.8, 4) is 0 Å². The summed E-state index contributed by atoms with van der Waals surface area (Å²) < 4.78 is 36.4. The van der Waals surface area contributed by atoms with Crippen LogP contribution in [0.1, 0.15) is 25.7 Å². The maximum atomic E-state index is 12.7. The van der Waals surface area contributed by atoms with Crippen LogP contribution >= 0.6 is 0 Å². The van der Waals surface area contributed by atoms with E-state index < -0.39 is 24.6 Å². The molecule has 4 heteroatoms. The van der Waals surface area contributed by atoms with E-state index >= 15 is 0 Å². The van der Waals surface area contributed by atoms with Crippen molar-refractivity contribution >= 4 is 0 Å². The highest BCUT2D eigenvalue weighted by molar-refractivity contribution is 4.90. The molecular weight excluding hydrogens is 190 g/mol. The highest BCUT2D eigenvalue weighted by Crippen LogP contribution is 2.45. The van der Waals surface area contributed by atoms with Crippen molar-refractivity contribution in [2.75, 3.05) is 26.6 Å². The lowest BCUT2D eigenvalue weighted by Crippen LogP contribution is -2.42. The summed E-state index contributed by atoms with van der Waals surface area (Å²) in [5, 5.41) is 0. The molecule has 0 bridgehead atoms. The predicted molar refractivity (Wildman–Crippen MR) is 47.5 cm³/mol. The van der Waals surface area contributed by atoms with Crippen LogP contribution in [0.25, 0.3) is 0 Å². The fraction of sp³-hybridized carbons (Fsp3) is 1.00. The van der Waals surface area contributed by atoms with Crippen LogP contribution in [-0.2, 0) is 9.47 Å². The van der Waals surface area contributed by atoms with Crippen molar-refractivity contribution in [1.29, 1.82) is 0 Å². The van der Waals surface area contributed by atoms with Gasteiger partial charge in [0.15, 0.2) is 5.79 Å². The third-order valence-electron chi connectivity index (χ3n) is 3.45. The number of hydrogen-bond donors (Lipinski definition) is 0. The number of hydrogen-bond acceptors (Lipinski definition) is 2. The Bertz CT molecular complexity index is 180. The Balaban J connectivity index is 1.96. The van der Waals surface area contributed by atoms with Crippen molar-refractivity contribution in [3.05, 3.63) is 0 Å². The number of alkyl halides is 2. The summed E-state index contributed by atoms with van der Waals surface area (Å²) in [4.78, 5) is 0. The average molecular weight is 206 g/mol. The van der Waals surface area contributed by atoms with Crippen molar-refractivity contribution in [2.45, 2.75) is 31.5 Å². The van der Waals surface area contributed by atoms with Gasteiger partial charge in [-0.25, -0.2) is 0 Å². The Morgan fingerprint density at radius 1 is 0.857 bits per heavy atom. The lowest BCUT2D eigenvalue weighted by molar-refractivity contribution is -0.194. The first kappa shape index (κ1) is 10.3. The lowest BCUT2D eigenvalue weighted by atomic mass is 9.74. The molecule has 2 rings (SSSR count). The molecule has 1 spiro atoms. The molecule has 1 aliphatic carbocycles. The molecule has 0 atom stereocenters. The summed E-state index contributed by atoms with van der Waals surface area (Å²) >= 11 is 0. The molecule has 1 heterocycles. The SMILES string of the molecule is FCC1(CF)CCC2(CC1)OCCO2. The van der Waals surface area contributed by atoms with Crippen LogP contribution in [0.4, 0.5) is 8.78 Å². The second kappa shape index (κ2) is 3.74. The summed E-state index contributed by atoms with van der Waals surface area (Å²) in [6.07, 6.45) is 2.31. The van der Waals surface area contributed by atoms with E-state index in [1.807, 2.05) is 0 Å². The van der Waals surface area contributed by atoms with E-state index in [9.17, 15) is 8.78 Å². The van der Waals surface area contributed by atoms with Gasteiger partial charge in [0.05, 0.1) is 26.6 Å². The maximum Gasteiger partial charge on any atom is 0.168 e. The van der Waals surface area contributed by atoms with Gasteiger partial charge in [-0.1, -0.05) is 0 Å². The quantitative estimate of drug-likeness (QED) is 0.689. The summed E-state index contributed by atoms with van der Waals surface area (Å²) in [5.41, 5.74) is -0.749. The second-order valence-electron chi connectivity index (χ2n) is 4.37. The van der Waals surface area contributed by atoms with Gasteiger partial charge in [0.2, 0.25) is 0 Å². The Labute approximate surface area is 82.6 Å². The monoisotopic (exact) mass is 206 g/mol. The average Bonchev–Trinajstić information content (AvgIpc) is 2.69. The van der Waals surface area contributed by atoms with Crippen molar-refractivity contribution in [3.63, 3.8) is 0 Å². The van der Waals surface area contributed by atoms with E-state index in [4.69, 9.17) is 9.47 Å². The molecule has 2 aliphatic rings. The largest absolute Gasteiger partial charge is 0.348 e. The fourth-order valence-corrected chi connectivity index (χ4v) is 2.25. The van der Waals surface area contributed by atoms with Crippen molar-refractivity contribution in [2.24, 2.45) is 5.41 Å². The number of halogens is 2. The smallest absolute Gasteiger partial charge is 0.168 e. The lowest BCUT2D eigenvalue weighted by Gasteiger charge is -2.40. The summed E-state index contributed by atoms with van der Waals surface area (Å²) in [6.45, 7) is 0.0790. The zero-order valence-corrected chi connectivity index (χ0v) is 8.23. The molecular formula is C10H16F2O2. The molecule has 0 radical (unpaired) electrons. The highest BCUT2D eigenvalue weighted by atomic mass is 19.1. The zero-order valence-electron chi connectivity index (χ0n) is 8.23. The highest BCUT2D eigenvalue weighted by Gasteiger charge is 2.46. The summed E-state index contributed by atoms with van der Waals surface area (Å²) in [6, 6.07) is 0. The Kier molecular flexibility index (Phi) is 2.75. The van der Waals surface area contributed by atoms with E-state index in [1.165, 1.54) is 0 Å². The van der Waals surface area contributed by atoms with Gasteiger partial charge < -0.3 is 9.47 Å². The van der Waals surface area contributed by atoms with E-state index in [0.29, 0.717) is 38.9 Å². The molecule has 82 valence electrons. The first-order valence-corrected chi connectivity index (χ1v) is 5.14. The number of ether oxygens (including phenoxy) is 2. The second-order valence-corrected chi connectivity index (χ2v) is 4.37. The van der Waals surface area contributed by atoms with Crippen molar-refractivity contribution < 1.29 is 18.3 Å². The molecule has 0 amide bonds. The van der Waals surface area contributed by atoms with Gasteiger partial charge in [0, 0.05) is 18.3 Å². The summed E-state index contributed by atoms with van der Waals surface area (Å²) in [7, 11) is 0. The van der Waals surface area contributed by atoms with Gasteiger partial charge in [-0.3, -0.25) is 8.78 Å². The molecule has 0 aromatic rings. The molecule has 2 fully saturated rings. The molecule has 0 unspecified atom stereocenters. The molecule has 2 nitrogen and oxygen atoms in total. The number of rotatable bonds is 2. The van der Waals surface area contributed by atoms with Crippen LogP contribution in [-0.4, -0.2) is 32.4 Å². The van der Waals surface area contributed by atoms with E-state index in [2.05, 4.69) is 0 Å². The van der Waals surface area contributed by atoms with Gasteiger partial charge in [-0.15, -0.1) is 0 Å². The van der Waals surface area contributed by atoms with Gasteiger partial charge in [-0.2, -0.15) is 0 Å². The molecule has 0 aromatic carbocycles. The summed E-state index contributed by atoms with van der Waals surface area (Å²) in [5.74, 6) is -0.506. The van der Waals surface area contributed by atoms with E-state index in [0.717, 1.165) is 0 Å². The van der Waals surface area contributed by atoms with Gasteiger partial charge in [-0.05, 0) is 12.8 Å². The Morgan fingerprint density at radius 3 is 1.79 bits per heavy atom. The van der Waals surface area contributed by atoms with Crippen LogP contribution < -0.4 is 0 Å². The van der Waals surface area contributed by atoms with Gasteiger partial charge in [0.25, 0.3) is 0 Å². The maximum absolute atomic E-state index is 12.7. The fourth-order valence-electron chi connectivity index (χ4n) is 2.25. The standard InChI is InChI=1S/C10H16F2O2/c11-7-9(8-12)1-3-10(4-2-9)13-5-6-14-10/h1-8H2. The van der Waals surface area contributed by atoms with Gasteiger partial charge >= 0.3 is 0 Å². The topological polar surface area (TPSA) is 18.5 Å². The predicted octanol–water partition coefficient (Wildman–Crippen LogP) is 2.23. The molecule has 14 heavy (non-hydrogen) atoms. The minimum atomic E-state index is -0.749. The minimum Gasteiger partial charge on any atom is -0.348 e. The van der Waals surface area contributed by atoms with Crippen LogP contribution in [0.3, 0.4) is 0 Å². The van der Waals surface area contributed by atoms with E-state index in [-0.39, 0.29) is 0 Å². The first-order valence-electron chi connectivity index (χ1n) is 5.14. The normalized spacial score (nSPS) is 29.6. The Hall–Kier alpha value is -0.220. The van der Waals surface area contributed by atoms with Crippen LogP contribution in [0, 0.1) is 5.41 Å². The third-order valence-corrected chi connectivity index (χ3v) is 3.45. The van der Waals surface area contributed by atoms with Crippen LogP contribution in [0.15, 0.2) is 0 Å². The molecule has 1 aliphatic heterocycles. The Morgan fingerprint density at radius 2 is 1.36 bits per heavy atom. The van der Waals surface area contributed by atoms with Crippen molar-refractivity contribution in [1.82, 2.24) is 0 Å². The molecule has 1 saturated heterocycles. The first-order chi connectivity index (χ1) is 6.74. The van der Waals surface area contributed by atoms with Crippen LogP contribution in [0.5, 0.6) is 0 Å². The van der Waals surface area contributed by atoms with E-state index in [1.54, 1.807) is 0 Å². The van der Waals surface area contributed by atoms with Gasteiger partial charge in [0.1, 0.15) is 0 Å². The molecule has 0 N–H and O–H groups in total.